The van der Waals surface area contributed by atoms with Crippen LogP contribution in [0.1, 0.15) is 21.5 Å². The van der Waals surface area contributed by atoms with Gasteiger partial charge in [-0.25, -0.2) is 4.79 Å². The second kappa shape index (κ2) is 11.6. The van der Waals surface area contributed by atoms with Gasteiger partial charge in [0.15, 0.2) is 0 Å². The number of anilines is 1. The molecule has 2 atom stereocenters. The van der Waals surface area contributed by atoms with Crippen LogP contribution < -0.4 is 5.32 Å². The molecular weight excluding hydrogens is 441 g/mol. The zero-order valence-corrected chi connectivity index (χ0v) is 19.1. The maximum atomic E-state index is 13.0. The van der Waals surface area contributed by atoms with E-state index in [1.54, 1.807) is 12.1 Å². The molecule has 3 aromatic rings. The van der Waals surface area contributed by atoms with Gasteiger partial charge in [0.2, 0.25) is 0 Å². The Morgan fingerprint density at radius 2 is 1.48 bits per heavy atom. The van der Waals surface area contributed by atoms with E-state index in [9.17, 15) is 19.0 Å². The number of rotatable bonds is 10. The molecule has 2 N–H and O–H groups in total. The quantitative estimate of drug-likeness (QED) is 0.337. The van der Waals surface area contributed by atoms with Gasteiger partial charge in [-0.1, -0.05) is 60.7 Å². The molecule has 8 heteroatoms. The van der Waals surface area contributed by atoms with Crippen LogP contribution in [0.3, 0.4) is 0 Å². The number of hydrogen-bond donors (Lipinski definition) is 2. The third-order valence-electron chi connectivity index (χ3n) is 4.95. The van der Waals surface area contributed by atoms with Gasteiger partial charge in [-0.2, -0.15) is 0 Å². The zero-order valence-electron chi connectivity index (χ0n) is 18.2. The molecule has 1 unspecified atom stereocenters. The maximum absolute atomic E-state index is 13.0. The Morgan fingerprint density at radius 1 is 0.909 bits per heavy atom. The standard InChI is InChI=1S/C25H26NO6P/c1-31-25(28)21-12-14-22(15-13-21)26-24(27)23(18-20-10-6-3-7-11-20)32-33(29,30)17-16-19-8-4-2-5-9-19/h2-15,23H,16-18H2,1H3,(H,26,27)(H,29,30)/t23-/m0/s1. The molecule has 0 saturated carbocycles. The summed E-state index contributed by atoms with van der Waals surface area (Å²) in [6.07, 6.45) is -0.811. The fourth-order valence-electron chi connectivity index (χ4n) is 3.20. The van der Waals surface area contributed by atoms with Crippen molar-refractivity contribution in [3.63, 3.8) is 0 Å². The van der Waals surface area contributed by atoms with Gasteiger partial charge in [-0.15, -0.1) is 0 Å². The van der Waals surface area contributed by atoms with E-state index in [1.807, 2.05) is 60.7 Å². The van der Waals surface area contributed by atoms with Crippen molar-refractivity contribution in [3.8, 4) is 0 Å². The molecule has 3 aromatic carbocycles. The summed E-state index contributed by atoms with van der Waals surface area (Å²) in [5.74, 6) is -1.04. The summed E-state index contributed by atoms with van der Waals surface area (Å²) in [6, 6.07) is 24.6. The molecule has 0 radical (unpaired) electrons. The van der Waals surface area contributed by atoms with Crippen molar-refractivity contribution >= 4 is 25.2 Å². The van der Waals surface area contributed by atoms with Gasteiger partial charge >= 0.3 is 13.6 Å². The first-order valence-electron chi connectivity index (χ1n) is 10.4. The first kappa shape index (κ1) is 24.4. The van der Waals surface area contributed by atoms with Gasteiger partial charge in [-0.05, 0) is 41.8 Å². The molecule has 0 heterocycles. The van der Waals surface area contributed by atoms with Crippen LogP contribution in [-0.2, 0) is 31.5 Å². The second-order valence-corrected chi connectivity index (χ2v) is 9.37. The number of hydrogen-bond acceptors (Lipinski definition) is 5. The van der Waals surface area contributed by atoms with Crippen molar-refractivity contribution in [2.45, 2.75) is 18.9 Å². The number of aryl methyl sites for hydroxylation is 1. The summed E-state index contributed by atoms with van der Waals surface area (Å²) >= 11 is 0. The van der Waals surface area contributed by atoms with Crippen molar-refractivity contribution < 1.29 is 28.3 Å². The highest BCUT2D eigenvalue weighted by Crippen LogP contribution is 2.44. The number of amides is 1. The molecule has 172 valence electrons. The Kier molecular flexibility index (Phi) is 8.55. The van der Waals surface area contributed by atoms with E-state index in [4.69, 9.17) is 4.52 Å². The Morgan fingerprint density at radius 3 is 2.06 bits per heavy atom. The molecule has 1 amide bonds. The third kappa shape index (κ3) is 7.68. The average Bonchev–Trinajstić information content (AvgIpc) is 2.83. The minimum absolute atomic E-state index is 0.108. The lowest BCUT2D eigenvalue weighted by Crippen LogP contribution is -2.32. The summed E-state index contributed by atoms with van der Waals surface area (Å²) < 4.78 is 23.0. The Balaban J connectivity index is 1.72. The van der Waals surface area contributed by atoms with Gasteiger partial charge < -0.3 is 14.9 Å². The lowest BCUT2D eigenvalue weighted by atomic mass is 10.1. The number of nitrogens with one attached hydrogen (secondary N) is 1. The van der Waals surface area contributed by atoms with Crippen LogP contribution in [0.15, 0.2) is 84.9 Å². The summed E-state index contributed by atoms with van der Waals surface area (Å²) in [4.78, 5) is 35.0. The summed E-state index contributed by atoms with van der Waals surface area (Å²) in [5.41, 5.74) is 2.46. The summed E-state index contributed by atoms with van der Waals surface area (Å²) in [5, 5.41) is 2.69. The van der Waals surface area contributed by atoms with Crippen LogP contribution in [-0.4, -0.2) is 36.1 Å². The SMILES string of the molecule is COC(=O)c1ccc(NC(=O)[C@H](Cc2ccccc2)OP(=O)(O)CCc2ccccc2)cc1. The molecule has 0 bridgehead atoms. The fourth-order valence-corrected chi connectivity index (χ4v) is 4.42. The lowest BCUT2D eigenvalue weighted by molar-refractivity contribution is -0.123. The molecule has 0 spiro atoms. The van der Waals surface area contributed by atoms with Gasteiger partial charge in [-0.3, -0.25) is 13.9 Å². The van der Waals surface area contributed by atoms with Gasteiger partial charge in [0.25, 0.3) is 5.91 Å². The van der Waals surface area contributed by atoms with Gasteiger partial charge in [0.1, 0.15) is 6.10 Å². The van der Waals surface area contributed by atoms with E-state index in [0.29, 0.717) is 17.7 Å². The third-order valence-corrected chi connectivity index (χ3v) is 6.32. The molecule has 0 fully saturated rings. The number of benzene rings is 3. The predicted octanol–water partition coefficient (Wildman–Crippen LogP) is 4.47. The molecular formula is C25H26NO6P. The Hall–Kier alpha value is -3.25. The maximum Gasteiger partial charge on any atom is 0.337 e. The highest BCUT2D eigenvalue weighted by molar-refractivity contribution is 7.52. The smallest absolute Gasteiger partial charge is 0.337 e. The topological polar surface area (TPSA) is 102 Å². The lowest BCUT2D eigenvalue weighted by Gasteiger charge is -2.21. The van der Waals surface area contributed by atoms with Crippen molar-refractivity contribution in [2.24, 2.45) is 0 Å². The molecule has 7 nitrogen and oxygen atoms in total. The summed E-state index contributed by atoms with van der Waals surface area (Å²) in [6.45, 7) is 0. The minimum Gasteiger partial charge on any atom is -0.465 e. The highest BCUT2D eigenvalue weighted by atomic mass is 31.2. The van der Waals surface area contributed by atoms with Crippen LogP contribution in [0.4, 0.5) is 5.69 Å². The van der Waals surface area contributed by atoms with E-state index in [2.05, 4.69) is 10.1 Å². The van der Waals surface area contributed by atoms with Crippen LogP contribution in [0.25, 0.3) is 0 Å². The van der Waals surface area contributed by atoms with E-state index in [1.165, 1.54) is 19.2 Å². The molecule has 0 aliphatic rings. The van der Waals surface area contributed by atoms with Crippen LogP contribution in [0, 0.1) is 0 Å². The largest absolute Gasteiger partial charge is 0.465 e. The van der Waals surface area contributed by atoms with Crippen molar-refractivity contribution in [1.82, 2.24) is 0 Å². The molecule has 0 saturated heterocycles. The average molecular weight is 467 g/mol. The number of methoxy groups -OCH3 is 1. The van der Waals surface area contributed by atoms with Crippen molar-refractivity contribution in [1.29, 1.82) is 0 Å². The number of ether oxygens (including phenoxy) is 1. The zero-order chi connectivity index (χ0) is 23.7. The Labute approximate surface area is 192 Å². The summed E-state index contributed by atoms with van der Waals surface area (Å²) in [7, 11) is -2.77. The molecule has 33 heavy (non-hydrogen) atoms. The second-order valence-electron chi connectivity index (χ2n) is 7.44. The van der Waals surface area contributed by atoms with Crippen LogP contribution in [0.2, 0.25) is 0 Å². The Bertz CT molecular complexity index is 1100. The van der Waals surface area contributed by atoms with Crippen molar-refractivity contribution in [3.05, 3.63) is 102 Å². The minimum atomic E-state index is -4.06. The molecule has 0 aliphatic heterocycles. The molecule has 0 aliphatic carbocycles. The van der Waals surface area contributed by atoms with E-state index in [0.717, 1.165) is 11.1 Å². The van der Waals surface area contributed by atoms with E-state index in [-0.39, 0.29) is 12.6 Å². The fraction of sp³-hybridized carbons (Fsp3) is 0.200. The normalized spacial score (nSPS) is 13.5. The number of carbonyl (C=O) groups excluding carboxylic acids is 2. The van der Waals surface area contributed by atoms with E-state index < -0.39 is 25.6 Å². The monoisotopic (exact) mass is 467 g/mol. The van der Waals surface area contributed by atoms with Crippen molar-refractivity contribution in [2.75, 3.05) is 18.6 Å². The van der Waals surface area contributed by atoms with E-state index >= 15 is 0 Å². The first-order valence-corrected chi connectivity index (χ1v) is 12.2. The number of carbonyl (C=O) groups is 2. The molecule has 3 rings (SSSR count). The first-order chi connectivity index (χ1) is 15.9. The van der Waals surface area contributed by atoms with Gasteiger partial charge in [0, 0.05) is 12.1 Å². The highest BCUT2D eigenvalue weighted by Gasteiger charge is 2.30. The van der Waals surface area contributed by atoms with Crippen LogP contribution >= 0.6 is 7.60 Å². The van der Waals surface area contributed by atoms with Gasteiger partial charge in [0.05, 0.1) is 18.8 Å². The van der Waals surface area contributed by atoms with Crippen LogP contribution in [0.5, 0.6) is 0 Å². The predicted molar refractivity (Wildman–Crippen MR) is 126 cm³/mol. The number of esters is 1. The molecule has 0 aromatic heterocycles.